The number of hydrogen-bond acceptors (Lipinski definition) is 0. The van der Waals surface area contributed by atoms with Crippen molar-refractivity contribution in [2.45, 2.75) is 44.2 Å². The van der Waals surface area contributed by atoms with Crippen LogP contribution in [-0.4, -0.2) is 18.3 Å². The van der Waals surface area contributed by atoms with Crippen LogP contribution < -0.4 is 0 Å². The van der Waals surface area contributed by atoms with Gasteiger partial charge in [-0.2, -0.15) is 35.1 Å². The molecule has 0 spiro atoms. The van der Waals surface area contributed by atoms with E-state index in [1.807, 2.05) is 0 Å². The molecule has 0 bridgehead atoms. The summed E-state index contributed by atoms with van der Waals surface area (Å²) in [4.78, 5) is 0. The van der Waals surface area contributed by atoms with Crippen LogP contribution in [0.5, 0.6) is 0 Å². The highest BCUT2D eigenvalue weighted by Crippen LogP contribution is 2.60. The van der Waals surface area contributed by atoms with Crippen LogP contribution in [0.3, 0.4) is 0 Å². The third-order valence-corrected chi connectivity index (χ3v) is 4.81. The highest BCUT2D eigenvalue weighted by Gasteiger charge is 2.82. The summed E-state index contributed by atoms with van der Waals surface area (Å²) >= 11 is 5.82. The molecule has 0 saturated heterocycles. The van der Waals surface area contributed by atoms with Gasteiger partial charge in [-0.1, -0.05) is 36.2 Å². The normalized spacial score (nSPS) is 15.2. The van der Waals surface area contributed by atoms with E-state index in [-0.39, 0.29) is 23.6 Å². The Balaban J connectivity index is 3.09. The fraction of sp³-hybridized carbons (Fsp3) is 0.368. The zero-order valence-electron chi connectivity index (χ0n) is 15.3. The van der Waals surface area contributed by atoms with Crippen LogP contribution in [0.2, 0.25) is 5.02 Å². The number of alkyl halides is 9. The molecule has 0 fully saturated rings. The van der Waals surface area contributed by atoms with Crippen LogP contribution in [0, 0.1) is 12.7 Å². The number of hydrogen-bond donors (Lipinski definition) is 0. The highest BCUT2D eigenvalue weighted by molar-refractivity contribution is 6.33. The predicted octanol–water partition coefficient (Wildman–Crippen LogP) is 7.94. The van der Waals surface area contributed by atoms with Crippen molar-refractivity contribution in [1.82, 2.24) is 0 Å². The number of rotatable bonds is 4. The lowest BCUT2D eigenvalue weighted by Crippen LogP contribution is -2.60. The number of halogens is 11. The van der Waals surface area contributed by atoms with Gasteiger partial charge in [-0.3, -0.25) is 0 Å². The van der Waals surface area contributed by atoms with E-state index in [1.165, 1.54) is 13.0 Å². The summed E-state index contributed by atoms with van der Waals surface area (Å²) in [6.07, 6.45) is -13.7. The van der Waals surface area contributed by atoms with Crippen molar-refractivity contribution in [1.29, 1.82) is 0 Å². The maximum absolute atomic E-state index is 15.2. The summed E-state index contributed by atoms with van der Waals surface area (Å²) in [5, 5.41) is -0.588. The Kier molecular flexibility index (Phi) is 6.17. The average molecular weight is 467 g/mol. The zero-order chi connectivity index (χ0) is 23.3. The molecule has 1 atom stereocenters. The summed E-state index contributed by atoms with van der Waals surface area (Å²) in [7, 11) is 0. The molecule has 0 aromatic heterocycles. The SMILES string of the molecule is CCc1cc(C)cc(C(F)(C(F)(F)F)C(F)(F)C(F)(F)F)c1-c1ccc(F)cc1Cl. The zero-order valence-corrected chi connectivity index (χ0v) is 16.0. The van der Waals surface area contributed by atoms with E-state index >= 15 is 4.39 Å². The monoisotopic (exact) mass is 466 g/mol. The van der Waals surface area contributed by atoms with Gasteiger partial charge in [0, 0.05) is 11.1 Å². The molecule has 2 aromatic rings. The van der Waals surface area contributed by atoms with Crippen LogP contribution in [-0.2, 0) is 12.1 Å². The number of aryl methyl sites for hydroxylation is 2. The van der Waals surface area contributed by atoms with Gasteiger partial charge < -0.3 is 0 Å². The van der Waals surface area contributed by atoms with Crippen molar-refractivity contribution in [3.63, 3.8) is 0 Å². The van der Waals surface area contributed by atoms with E-state index in [1.54, 1.807) is 0 Å². The van der Waals surface area contributed by atoms with Crippen LogP contribution >= 0.6 is 11.6 Å². The second-order valence-corrected chi connectivity index (χ2v) is 6.96. The topological polar surface area (TPSA) is 0 Å². The maximum atomic E-state index is 15.2. The van der Waals surface area contributed by atoms with Crippen LogP contribution in [0.1, 0.15) is 23.6 Å². The second kappa shape index (κ2) is 7.62. The summed E-state index contributed by atoms with van der Waals surface area (Å²) in [5.74, 6) is -7.78. The van der Waals surface area contributed by atoms with Gasteiger partial charge in [0.15, 0.2) is 0 Å². The summed E-state index contributed by atoms with van der Waals surface area (Å²) in [6.45, 7) is 2.48. The van der Waals surface area contributed by atoms with Crippen molar-refractivity contribution in [2.24, 2.45) is 0 Å². The first-order valence-electron chi connectivity index (χ1n) is 8.28. The molecule has 0 amide bonds. The van der Waals surface area contributed by atoms with Crippen molar-refractivity contribution >= 4 is 11.6 Å². The highest BCUT2D eigenvalue weighted by atomic mass is 35.5. The number of benzene rings is 2. The van der Waals surface area contributed by atoms with Crippen molar-refractivity contribution in [3.8, 4) is 11.1 Å². The van der Waals surface area contributed by atoms with Crippen LogP contribution in [0.15, 0.2) is 30.3 Å². The van der Waals surface area contributed by atoms with Crippen LogP contribution in [0.4, 0.5) is 43.9 Å². The van der Waals surface area contributed by atoms with E-state index in [4.69, 9.17) is 11.6 Å². The molecular weight excluding hydrogens is 454 g/mol. The quantitative estimate of drug-likeness (QED) is 0.401. The van der Waals surface area contributed by atoms with Crippen molar-refractivity contribution < 1.29 is 43.9 Å². The molecule has 0 N–H and O–H groups in total. The molecule has 1 unspecified atom stereocenters. The van der Waals surface area contributed by atoms with E-state index in [0.29, 0.717) is 12.1 Å². The standard InChI is InChI=1S/C19H13ClF10/c1-3-10-6-9(2)7-13(15(10)12-5-4-11(21)8-14(12)20)16(22,18(25,26)27)17(23,24)19(28,29)30/h4-8H,3H2,1-2H3. The first-order chi connectivity index (χ1) is 13.5. The minimum Gasteiger partial charge on any atom is -0.221 e. The Hall–Kier alpha value is -1.97. The Morgan fingerprint density at radius 3 is 1.83 bits per heavy atom. The van der Waals surface area contributed by atoms with E-state index in [2.05, 4.69) is 0 Å². The molecule has 2 aromatic carbocycles. The van der Waals surface area contributed by atoms with E-state index in [0.717, 1.165) is 13.0 Å². The Morgan fingerprint density at radius 2 is 1.40 bits per heavy atom. The van der Waals surface area contributed by atoms with Crippen molar-refractivity contribution in [3.05, 3.63) is 57.9 Å². The second-order valence-electron chi connectivity index (χ2n) is 6.55. The molecule has 2 rings (SSSR count). The van der Waals surface area contributed by atoms with Crippen LogP contribution in [0.25, 0.3) is 11.1 Å². The molecule has 0 aliphatic carbocycles. The van der Waals surface area contributed by atoms with Gasteiger partial charge in [0.25, 0.3) is 0 Å². The summed E-state index contributed by atoms with van der Waals surface area (Å²) < 4.78 is 136. The molecule has 30 heavy (non-hydrogen) atoms. The van der Waals surface area contributed by atoms with Gasteiger partial charge in [-0.25, -0.2) is 8.78 Å². The summed E-state index contributed by atoms with van der Waals surface area (Å²) in [5.41, 5.74) is -9.88. The first-order valence-corrected chi connectivity index (χ1v) is 8.66. The minimum absolute atomic E-state index is 0.163. The fourth-order valence-corrected chi connectivity index (χ4v) is 3.38. The predicted molar refractivity (Wildman–Crippen MR) is 90.8 cm³/mol. The molecule has 0 aliphatic rings. The molecule has 0 saturated carbocycles. The van der Waals surface area contributed by atoms with E-state index < -0.39 is 51.5 Å². The van der Waals surface area contributed by atoms with Gasteiger partial charge in [0.2, 0.25) is 0 Å². The third-order valence-electron chi connectivity index (χ3n) is 4.50. The molecule has 166 valence electrons. The lowest BCUT2D eigenvalue weighted by molar-refractivity contribution is -0.389. The smallest absolute Gasteiger partial charge is 0.221 e. The first kappa shape index (κ1) is 24.3. The van der Waals surface area contributed by atoms with Gasteiger partial charge >= 0.3 is 23.9 Å². The largest absolute Gasteiger partial charge is 0.457 e. The fourth-order valence-electron chi connectivity index (χ4n) is 3.12. The average Bonchev–Trinajstić information content (AvgIpc) is 2.58. The molecule has 11 heteroatoms. The van der Waals surface area contributed by atoms with Gasteiger partial charge in [0.05, 0.1) is 5.02 Å². The Labute approximate surface area is 169 Å². The van der Waals surface area contributed by atoms with Crippen molar-refractivity contribution in [2.75, 3.05) is 0 Å². The molecular formula is C19H13ClF10. The summed E-state index contributed by atoms with van der Waals surface area (Å²) in [6, 6.07) is 3.57. The van der Waals surface area contributed by atoms with E-state index in [9.17, 15) is 39.5 Å². The Bertz CT molecular complexity index is 946. The molecule has 0 nitrogen and oxygen atoms in total. The molecule has 0 radical (unpaired) electrons. The minimum atomic E-state index is -6.86. The third kappa shape index (κ3) is 3.74. The molecule has 0 heterocycles. The lowest BCUT2D eigenvalue weighted by atomic mass is 9.79. The lowest BCUT2D eigenvalue weighted by Gasteiger charge is -2.38. The van der Waals surface area contributed by atoms with Gasteiger partial charge in [0.1, 0.15) is 5.82 Å². The maximum Gasteiger partial charge on any atom is 0.457 e. The molecule has 0 aliphatic heterocycles. The van der Waals surface area contributed by atoms with Gasteiger partial charge in [-0.05, 0) is 42.7 Å². The van der Waals surface area contributed by atoms with Gasteiger partial charge in [-0.15, -0.1) is 0 Å². The Morgan fingerprint density at radius 1 is 0.833 bits per heavy atom.